The van der Waals surface area contributed by atoms with Crippen LogP contribution >= 0.6 is 0 Å². The Bertz CT molecular complexity index is 350. The average molecular weight is 156 g/mol. The summed E-state index contributed by atoms with van der Waals surface area (Å²) in [6, 6.07) is 6.47. The van der Waals surface area contributed by atoms with Gasteiger partial charge in [-0.3, -0.25) is 0 Å². The molecule has 2 rings (SSSR count). The van der Waals surface area contributed by atoms with Gasteiger partial charge in [-0.2, -0.15) is 0 Å². The molecule has 0 unspecified atom stereocenters. The molecule has 0 nitrogen and oxygen atoms in total. The van der Waals surface area contributed by atoms with E-state index in [0.717, 1.165) is 0 Å². The summed E-state index contributed by atoms with van der Waals surface area (Å²) in [5.41, 5.74) is 4.24. The average Bonchev–Trinajstić information content (AvgIpc) is 2.53. The van der Waals surface area contributed by atoms with Crippen LogP contribution in [0.25, 0.3) is 0 Å². The maximum atomic E-state index is 3.16. The molecule has 1 aliphatic rings. The summed E-state index contributed by atoms with van der Waals surface area (Å²) < 4.78 is 0. The Morgan fingerprint density at radius 2 is 2.17 bits per heavy atom. The van der Waals surface area contributed by atoms with Crippen LogP contribution in [0.5, 0.6) is 0 Å². The molecule has 0 saturated heterocycles. The van der Waals surface area contributed by atoms with Crippen molar-refractivity contribution in [2.45, 2.75) is 26.2 Å². The molecule has 1 aromatic rings. The van der Waals surface area contributed by atoms with Crippen molar-refractivity contribution in [3.63, 3.8) is 0 Å². The van der Waals surface area contributed by atoms with E-state index in [2.05, 4.69) is 30.0 Å². The molecule has 0 aromatic heterocycles. The van der Waals surface area contributed by atoms with E-state index in [9.17, 15) is 0 Å². The van der Waals surface area contributed by atoms with E-state index in [1.165, 1.54) is 36.0 Å². The summed E-state index contributed by atoms with van der Waals surface area (Å²) >= 11 is 0. The van der Waals surface area contributed by atoms with Gasteiger partial charge in [-0.05, 0) is 43.4 Å². The summed E-state index contributed by atoms with van der Waals surface area (Å²) in [6.07, 6.45) is 3.77. The van der Waals surface area contributed by atoms with Gasteiger partial charge in [0.1, 0.15) is 0 Å². The first-order chi connectivity index (χ1) is 5.92. The smallest absolute Gasteiger partial charge is 0.0279 e. The van der Waals surface area contributed by atoms with E-state index >= 15 is 0 Å². The highest BCUT2D eigenvalue weighted by Gasteiger charge is 2.12. The van der Waals surface area contributed by atoms with Gasteiger partial charge in [-0.15, -0.1) is 5.92 Å². The zero-order chi connectivity index (χ0) is 8.39. The number of rotatable bonds is 0. The third kappa shape index (κ3) is 1.12. The molecule has 0 spiro atoms. The minimum Gasteiger partial charge on any atom is -0.101 e. The molecule has 0 aliphatic heterocycles. The van der Waals surface area contributed by atoms with Gasteiger partial charge in [0.05, 0.1) is 0 Å². The largest absolute Gasteiger partial charge is 0.101 e. The monoisotopic (exact) mass is 156 g/mol. The van der Waals surface area contributed by atoms with Crippen molar-refractivity contribution in [3.05, 3.63) is 34.9 Å². The van der Waals surface area contributed by atoms with Crippen molar-refractivity contribution in [1.29, 1.82) is 0 Å². The number of hydrogen-bond acceptors (Lipinski definition) is 0. The summed E-state index contributed by atoms with van der Waals surface area (Å²) in [5, 5.41) is 0. The third-order valence-corrected chi connectivity index (χ3v) is 2.41. The standard InChI is InChI=1S/C12H12/c1-2-5-10-6-3-7-11-8-4-9-12(10)11/h3,6-7H,4,8-9H2,1H3. The van der Waals surface area contributed by atoms with Gasteiger partial charge >= 0.3 is 0 Å². The van der Waals surface area contributed by atoms with Crippen LogP contribution in [0.15, 0.2) is 18.2 Å². The van der Waals surface area contributed by atoms with Crippen molar-refractivity contribution in [3.8, 4) is 11.8 Å². The molecule has 0 fully saturated rings. The Hall–Kier alpha value is -1.22. The van der Waals surface area contributed by atoms with Gasteiger partial charge in [0.2, 0.25) is 0 Å². The predicted molar refractivity (Wildman–Crippen MR) is 51.0 cm³/mol. The molecule has 0 amide bonds. The third-order valence-electron chi connectivity index (χ3n) is 2.41. The van der Waals surface area contributed by atoms with Gasteiger partial charge < -0.3 is 0 Å². The topological polar surface area (TPSA) is 0 Å². The molecule has 0 bridgehead atoms. The molecule has 1 aliphatic carbocycles. The van der Waals surface area contributed by atoms with E-state index in [0.29, 0.717) is 0 Å². The van der Waals surface area contributed by atoms with Crippen LogP contribution in [0.2, 0.25) is 0 Å². The molecule has 0 saturated carbocycles. The van der Waals surface area contributed by atoms with E-state index < -0.39 is 0 Å². The Kier molecular flexibility index (Phi) is 1.87. The van der Waals surface area contributed by atoms with Crippen molar-refractivity contribution in [2.24, 2.45) is 0 Å². The number of hydrogen-bond donors (Lipinski definition) is 0. The van der Waals surface area contributed by atoms with Crippen LogP contribution in [-0.2, 0) is 12.8 Å². The molecular weight excluding hydrogens is 144 g/mol. The van der Waals surface area contributed by atoms with Crippen LogP contribution in [0, 0.1) is 11.8 Å². The van der Waals surface area contributed by atoms with Crippen LogP contribution in [-0.4, -0.2) is 0 Å². The van der Waals surface area contributed by atoms with Crippen molar-refractivity contribution in [2.75, 3.05) is 0 Å². The first-order valence-corrected chi connectivity index (χ1v) is 4.45. The maximum Gasteiger partial charge on any atom is 0.0279 e. The molecular formula is C12H12. The van der Waals surface area contributed by atoms with E-state index in [4.69, 9.17) is 0 Å². The highest BCUT2D eigenvalue weighted by molar-refractivity contribution is 5.47. The fraction of sp³-hybridized carbons (Fsp3) is 0.333. The quantitative estimate of drug-likeness (QED) is 0.506. The second-order valence-electron chi connectivity index (χ2n) is 3.17. The lowest BCUT2D eigenvalue weighted by Crippen LogP contribution is -1.86. The molecule has 0 atom stereocenters. The fourth-order valence-corrected chi connectivity index (χ4v) is 1.87. The zero-order valence-electron chi connectivity index (χ0n) is 7.35. The summed E-state index contributed by atoms with van der Waals surface area (Å²) in [6.45, 7) is 1.90. The van der Waals surface area contributed by atoms with Crippen molar-refractivity contribution < 1.29 is 0 Å². The first kappa shape index (κ1) is 7.43. The van der Waals surface area contributed by atoms with Crippen molar-refractivity contribution >= 4 is 0 Å². The minimum absolute atomic E-state index is 1.22. The summed E-state index contributed by atoms with van der Waals surface area (Å²) in [7, 11) is 0. The van der Waals surface area contributed by atoms with Gasteiger partial charge in [-0.1, -0.05) is 18.1 Å². The SMILES string of the molecule is CC#Cc1cccc2c1CCC2. The Labute approximate surface area is 73.6 Å². The van der Waals surface area contributed by atoms with Crippen molar-refractivity contribution in [1.82, 2.24) is 0 Å². The van der Waals surface area contributed by atoms with Gasteiger partial charge in [0.25, 0.3) is 0 Å². The van der Waals surface area contributed by atoms with Gasteiger partial charge in [0, 0.05) is 5.56 Å². The van der Waals surface area contributed by atoms with Crippen LogP contribution in [0.1, 0.15) is 30.0 Å². The zero-order valence-corrected chi connectivity index (χ0v) is 7.35. The number of aryl methyl sites for hydroxylation is 1. The Morgan fingerprint density at radius 1 is 1.25 bits per heavy atom. The summed E-state index contributed by atoms with van der Waals surface area (Å²) in [4.78, 5) is 0. The Morgan fingerprint density at radius 3 is 3.00 bits per heavy atom. The molecule has 0 N–H and O–H groups in total. The second-order valence-corrected chi connectivity index (χ2v) is 3.17. The van der Waals surface area contributed by atoms with E-state index in [1.54, 1.807) is 0 Å². The lowest BCUT2D eigenvalue weighted by atomic mass is 10.0. The molecule has 60 valence electrons. The molecule has 0 heterocycles. The minimum atomic E-state index is 1.22. The summed E-state index contributed by atoms with van der Waals surface area (Å²) in [5.74, 6) is 6.12. The van der Waals surface area contributed by atoms with Crippen LogP contribution < -0.4 is 0 Å². The Balaban J connectivity index is 2.54. The normalized spacial score (nSPS) is 13.4. The lowest BCUT2D eigenvalue weighted by molar-refractivity contribution is 0.911. The van der Waals surface area contributed by atoms with E-state index in [-0.39, 0.29) is 0 Å². The second kappa shape index (κ2) is 3.03. The highest BCUT2D eigenvalue weighted by Crippen LogP contribution is 2.24. The van der Waals surface area contributed by atoms with E-state index in [1.807, 2.05) is 6.92 Å². The first-order valence-electron chi connectivity index (χ1n) is 4.45. The lowest BCUT2D eigenvalue weighted by Gasteiger charge is -2.00. The van der Waals surface area contributed by atoms with Crippen LogP contribution in [0.3, 0.4) is 0 Å². The molecule has 12 heavy (non-hydrogen) atoms. The number of fused-ring (bicyclic) bond motifs is 1. The predicted octanol–water partition coefficient (Wildman–Crippen LogP) is 2.55. The van der Waals surface area contributed by atoms with Gasteiger partial charge in [0.15, 0.2) is 0 Å². The van der Waals surface area contributed by atoms with Gasteiger partial charge in [-0.25, -0.2) is 0 Å². The number of benzene rings is 1. The molecule has 0 radical (unpaired) electrons. The van der Waals surface area contributed by atoms with Crippen LogP contribution in [0.4, 0.5) is 0 Å². The molecule has 1 aromatic carbocycles. The highest BCUT2D eigenvalue weighted by atomic mass is 14.2. The maximum absolute atomic E-state index is 3.16. The fourth-order valence-electron chi connectivity index (χ4n) is 1.87. The molecule has 0 heteroatoms.